The summed E-state index contributed by atoms with van der Waals surface area (Å²) in [6, 6.07) is 0. The third-order valence-corrected chi connectivity index (χ3v) is 0. The van der Waals surface area contributed by atoms with Gasteiger partial charge in [-0.15, -0.1) is 9.79 Å². The van der Waals surface area contributed by atoms with E-state index in [1.165, 1.54) is 0 Å². The molecule has 0 aromatic heterocycles. The van der Waals surface area contributed by atoms with E-state index in [2.05, 4.69) is 0 Å². The molecule has 4 N–H and O–H groups in total. The van der Waals surface area contributed by atoms with Gasteiger partial charge in [-0.25, -0.2) is 0 Å². The fraction of sp³-hybridized carbons (Fsp3) is 0. The van der Waals surface area contributed by atoms with Crippen LogP contribution in [0.25, 0.3) is 0 Å². The average Bonchev–Trinajstić information content (AvgIpc) is 1.45. The van der Waals surface area contributed by atoms with Crippen LogP contribution in [0.3, 0.4) is 0 Å². The van der Waals surface area contributed by atoms with Crippen LogP contribution in [0.15, 0.2) is 0 Å². The van der Waals surface area contributed by atoms with E-state index in [0.29, 0.717) is 0 Å². The summed E-state index contributed by atoms with van der Waals surface area (Å²) in [6.45, 7) is 0. The summed E-state index contributed by atoms with van der Waals surface area (Å²) in [5, 5.41) is 0. The Balaban J connectivity index is -0.0000000590. The van der Waals surface area contributed by atoms with Gasteiger partial charge in [0.2, 0.25) is 0 Å². The van der Waals surface area contributed by atoms with Crippen molar-refractivity contribution in [1.29, 1.82) is 0 Å². The molecule has 0 aliphatic carbocycles. The Morgan fingerprint density at radius 3 is 0.867 bits per heavy atom. The van der Waals surface area contributed by atoms with E-state index in [-0.39, 0.29) is 26.2 Å². The molecule has 0 fully saturated rings. The third kappa shape index (κ3) is 2060. The SMILES string of the molecule is O=P([O-])([O-])O.O=P([O-])([O-])O.O=[P+](O)O.[Zr+4]. The van der Waals surface area contributed by atoms with Gasteiger partial charge in [-0.2, -0.15) is 0 Å². The van der Waals surface area contributed by atoms with Crippen LogP contribution in [0.1, 0.15) is 0 Å². The normalized spacial score (nSPS) is 9.60. The zero-order valence-electron chi connectivity index (χ0n) is 6.49. The summed E-state index contributed by atoms with van der Waals surface area (Å²) in [4.78, 5) is 62.8. The molecule has 88 valence electrons. The van der Waals surface area contributed by atoms with E-state index >= 15 is 0 Å². The summed E-state index contributed by atoms with van der Waals surface area (Å²) in [6.07, 6.45) is 0. The van der Waals surface area contributed by atoms with Gasteiger partial charge in [0, 0.05) is 4.57 Å². The number of rotatable bonds is 0. The Kier molecular flexibility index (Phi) is 19.4. The van der Waals surface area contributed by atoms with Crippen molar-refractivity contribution in [1.82, 2.24) is 0 Å². The van der Waals surface area contributed by atoms with Gasteiger partial charge >= 0.3 is 34.5 Å². The van der Waals surface area contributed by atoms with Crippen LogP contribution in [0.2, 0.25) is 0 Å². The molecule has 0 aromatic carbocycles. The van der Waals surface area contributed by atoms with Crippen molar-refractivity contribution < 1.29 is 79.0 Å². The fourth-order valence-electron chi connectivity index (χ4n) is 0. The Morgan fingerprint density at radius 2 is 0.867 bits per heavy atom. The second-order valence-electron chi connectivity index (χ2n) is 1.19. The Hall–Kier alpha value is 1.12. The molecule has 0 saturated carbocycles. The minimum absolute atomic E-state index is 0. The Labute approximate surface area is 103 Å². The molecule has 11 nitrogen and oxygen atoms in total. The number of phosphoric acid groups is 2. The van der Waals surface area contributed by atoms with Crippen molar-refractivity contribution in [2.24, 2.45) is 0 Å². The molecular weight excluding hydrogens is 360 g/mol. The van der Waals surface area contributed by atoms with Gasteiger partial charge in [0.1, 0.15) is 0 Å². The predicted molar refractivity (Wildman–Crippen MR) is 31.7 cm³/mol. The summed E-state index contributed by atoms with van der Waals surface area (Å²) >= 11 is 0. The van der Waals surface area contributed by atoms with E-state index in [1.54, 1.807) is 0 Å². The van der Waals surface area contributed by atoms with Crippen molar-refractivity contribution in [2.45, 2.75) is 0 Å². The average molecular weight is 364 g/mol. The minimum atomic E-state index is -5.14. The van der Waals surface area contributed by atoms with Crippen LogP contribution in [-0.2, 0) is 39.9 Å². The predicted octanol–water partition coefficient (Wildman–Crippen LogP) is -4.76. The summed E-state index contributed by atoms with van der Waals surface area (Å²) < 4.78 is 26.0. The molecule has 0 heterocycles. The zero-order chi connectivity index (χ0) is 12.6. The summed E-state index contributed by atoms with van der Waals surface area (Å²) in [5.74, 6) is 0. The van der Waals surface area contributed by atoms with Gasteiger partial charge < -0.3 is 38.5 Å². The molecule has 0 aromatic rings. The molecule has 0 amide bonds. The van der Waals surface area contributed by atoms with Crippen molar-refractivity contribution in [3.05, 3.63) is 0 Å². The summed E-state index contributed by atoms with van der Waals surface area (Å²) in [7, 11) is -13.1. The molecule has 0 aliphatic heterocycles. The Morgan fingerprint density at radius 1 is 0.867 bits per heavy atom. The maximum Gasteiger partial charge on any atom is 4.00 e. The quantitative estimate of drug-likeness (QED) is 0.298. The van der Waals surface area contributed by atoms with Crippen molar-refractivity contribution in [3.63, 3.8) is 0 Å². The third-order valence-electron chi connectivity index (χ3n) is 0. The van der Waals surface area contributed by atoms with Crippen LogP contribution < -0.4 is 19.6 Å². The van der Waals surface area contributed by atoms with Gasteiger partial charge in [-0.05, 0) is 0 Å². The molecule has 0 saturated heterocycles. The number of hydrogen-bond acceptors (Lipinski definition) is 7. The van der Waals surface area contributed by atoms with Crippen LogP contribution in [0, 0.1) is 0 Å². The molecule has 15 heteroatoms. The summed E-state index contributed by atoms with van der Waals surface area (Å²) in [5.41, 5.74) is 0. The molecule has 0 rings (SSSR count). The maximum absolute atomic E-state index is 8.70. The van der Waals surface area contributed by atoms with Crippen molar-refractivity contribution >= 4 is 23.9 Å². The molecule has 0 bridgehead atoms. The van der Waals surface area contributed by atoms with Crippen LogP contribution in [0.5, 0.6) is 0 Å². The second kappa shape index (κ2) is 11.6. The first-order valence-electron chi connectivity index (χ1n) is 2.08. The molecule has 0 aliphatic rings. The molecule has 15 heavy (non-hydrogen) atoms. The first-order chi connectivity index (χ1) is 5.73. The van der Waals surface area contributed by atoms with Gasteiger partial charge in [-0.1, -0.05) is 0 Å². The van der Waals surface area contributed by atoms with E-state index in [4.69, 9.17) is 52.8 Å². The largest absolute Gasteiger partial charge is 4.00 e. The Bertz CT molecular complexity index is 192. The fourth-order valence-corrected chi connectivity index (χ4v) is 0. The smallest absolute Gasteiger partial charge is 0.790 e. The molecule has 0 radical (unpaired) electrons. The van der Waals surface area contributed by atoms with E-state index in [0.717, 1.165) is 0 Å². The van der Waals surface area contributed by atoms with Crippen LogP contribution in [-0.4, -0.2) is 19.6 Å². The van der Waals surface area contributed by atoms with E-state index in [9.17, 15) is 0 Å². The first-order valence-corrected chi connectivity index (χ1v) is 6.23. The molecule has 0 atom stereocenters. The monoisotopic (exact) mass is 363 g/mol. The maximum atomic E-state index is 8.70. The van der Waals surface area contributed by atoms with Gasteiger partial charge in [0.15, 0.2) is 0 Å². The number of hydrogen-bond donors (Lipinski definition) is 4. The second-order valence-corrected chi connectivity index (χ2v) is 3.57. The molecule has 0 unspecified atom stereocenters. The van der Waals surface area contributed by atoms with Gasteiger partial charge in [-0.3, -0.25) is 0 Å². The topological polar surface area (TPSA) is 224 Å². The first kappa shape index (κ1) is 25.1. The zero-order valence-corrected chi connectivity index (χ0v) is 11.6. The van der Waals surface area contributed by atoms with Crippen molar-refractivity contribution in [3.8, 4) is 0 Å². The molecule has 0 spiro atoms. The van der Waals surface area contributed by atoms with Crippen LogP contribution in [0.4, 0.5) is 0 Å². The van der Waals surface area contributed by atoms with E-state index in [1.807, 2.05) is 0 Å². The minimum Gasteiger partial charge on any atom is -0.790 e. The van der Waals surface area contributed by atoms with Gasteiger partial charge in [0.25, 0.3) is 0 Å². The standard InChI is InChI=1S/2H3O4P.HO3P.Zr/c2*1-5(2,3)4;1-4(2)3;/h2*(H3,1,2,3,4);(H-,1,2,3);/q;;;+4/p-3. The van der Waals surface area contributed by atoms with Crippen molar-refractivity contribution in [2.75, 3.05) is 0 Å². The molecular formula is H4O11P3Zr+. The van der Waals surface area contributed by atoms with E-state index < -0.39 is 23.9 Å². The van der Waals surface area contributed by atoms with Gasteiger partial charge in [0.05, 0.1) is 15.6 Å². The van der Waals surface area contributed by atoms with Crippen LogP contribution >= 0.6 is 23.9 Å².